The van der Waals surface area contributed by atoms with Gasteiger partial charge in [0.05, 0.1) is 24.2 Å². The number of rotatable bonds is 10. The van der Waals surface area contributed by atoms with Crippen LogP contribution in [-0.4, -0.2) is 56.5 Å². The molecule has 0 saturated carbocycles. The first-order chi connectivity index (χ1) is 21.7. The second-order valence-corrected chi connectivity index (χ2v) is 12.2. The number of ether oxygens (including phenoxy) is 2. The molecule has 1 aliphatic heterocycles. The summed E-state index contributed by atoms with van der Waals surface area (Å²) in [4.78, 5) is 23.3. The molecule has 1 aliphatic rings. The van der Waals surface area contributed by atoms with Gasteiger partial charge in [0.25, 0.3) is 0 Å². The van der Waals surface area contributed by atoms with Crippen LogP contribution in [0, 0.1) is 0 Å². The standard InChI is InChI=1S/C32H33F3N6O4S/c1-19(2)25-15-14-24(44-5)16-26(25)41-27(42)17-46-30(41)37-29(43)38-31(3,4)21-8-6-20(7-9-21)28-36-18-40(39-28)22-10-12-23(13-11-22)45-32(33,34)35/h6-16,18-19,29,38,43H,17H2,1-5H3. The number of amides is 1. The Morgan fingerprint density at radius 1 is 1.02 bits per heavy atom. The molecule has 0 aliphatic carbocycles. The molecule has 1 saturated heterocycles. The number of nitrogens with one attached hydrogen (secondary N) is 1. The highest BCUT2D eigenvalue weighted by Gasteiger charge is 2.34. The minimum absolute atomic E-state index is 0.135. The number of thioether (sulfide) groups is 1. The molecule has 1 aromatic heterocycles. The van der Waals surface area contributed by atoms with Gasteiger partial charge in [-0.1, -0.05) is 55.9 Å². The van der Waals surface area contributed by atoms with Crippen LogP contribution >= 0.6 is 11.8 Å². The van der Waals surface area contributed by atoms with Gasteiger partial charge >= 0.3 is 6.36 Å². The fourth-order valence-electron chi connectivity index (χ4n) is 4.93. The molecule has 0 bridgehead atoms. The lowest BCUT2D eigenvalue weighted by Crippen LogP contribution is -2.44. The SMILES string of the molecule is COc1ccc(C(C)C)c(N2C(=O)CSC2=NC(O)NC(C)(C)c2ccc(-c3ncn(-c4ccc(OC(F)(F)F)cc4)n3)cc2)c1. The first-order valence-electron chi connectivity index (χ1n) is 14.3. The van der Waals surface area contributed by atoms with Gasteiger partial charge in [-0.3, -0.25) is 15.0 Å². The number of hydrogen-bond donors (Lipinski definition) is 2. The van der Waals surface area contributed by atoms with Crippen molar-refractivity contribution in [1.29, 1.82) is 0 Å². The molecule has 2 N–H and O–H groups in total. The zero-order chi connectivity index (χ0) is 33.2. The summed E-state index contributed by atoms with van der Waals surface area (Å²) in [5.41, 5.74) is 2.97. The van der Waals surface area contributed by atoms with Crippen molar-refractivity contribution in [3.63, 3.8) is 0 Å². The number of nitrogens with zero attached hydrogens (tertiary/aromatic N) is 5. The molecule has 5 rings (SSSR count). The molecule has 1 amide bonds. The Morgan fingerprint density at radius 2 is 1.70 bits per heavy atom. The van der Waals surface area contributed by atoms with Gasteiger partial charge in [-0.15, -0.1) is 18.3 Å². The molecule has 0 spiro atoms. The third-order valence-electron chi connectivity index (χ3n) is 7.28. The summed E-state index contributed by atoms with van der Waals surface area (Å²) in [6.07, 6.45) is -4.62. The Hall–Kier alpha value is -4.40. The minimum Gasteiger partial charge on any atom is -0.497 e. The number of alkyl halides is 3. The summed E-state index contributed by atoms with van der Waals surface area (Å²) in [7, 11) is 1.57. The number of aromatic nitrogens is 3. The maximum Gasteiger partial charge on any atom is 0.573 e. The van der Waals surface area contributed by atoms with Crippen LogP contribution in [0.15, 0.2) is 78.0 Å². The van der Waals surface area contributed by atoms with E-state index in [-0.39, 0.29) is 23.3 Å². The van der Waals surface area contributed by atoms with Crippen LogP contribution in [0.4, 0.5) is 18.9 Å². The molecule has 46 heavy (non-hydrogen) atoms. The molecular formula is C32H33F3N6O4S. The van der Waals surface area contributed by atoms with Crippen LogP contribution in [0.5, 0.6) is 11.5 Å². The average Bonchev–Trinajstić information content (AvgIpc) is 3.63. The smallest absolute Gasteiger partial charge is 0.497 e. The molecule has 3 aromatic carbocycles. The molecular weight excluding hydrogens is 621 g/mol. The zero-order valence-corrected chi connectivity index (χ0v) is 26.6. The molecule has 1 atom stereocenters. The number of methoxy groups -OCH3 is 1. The molecule has 14 heteroatoms. The van der Waals surface area contributed by atoms with Gasteiger partial charge in [0.2, 0.25) is 12.3 Å². The first-order valence-corrected chi connectivity index (χ1v) is 15.3. The highest BCUT2D eigenvalue weighted by molar-refractivity contribution is 8.15. The lowest BCUT2D eigenvalue weighted by molar-refractivity contribution is -0.274. The monoisotopic (exact) mass is 654 g/mol. The predicted molar refractivity (Wildman–Crippen MR) is 170 cm³/mol. The van der Waals surface area contributed by atoms with E-state index in [0.29, 0.717) is 33.7 Å². The van der Waals surface area contributed by atoms with E-state index in [4.69, 9.17) is 4.74 Å². The van der Waals surface area contributed by atoms with Crippen LogP contribution in [-0.2, 0) is 10.3 Å². The largest absolute Gasteiger partial charge is 0.573 e. The lowest BCUT2D eigenvalue weighted by Gasteiger charge is -2.29. The van der Waals surface area contributed by atoms with Crippen molar-refractivity contribution in [3.05, 3.63) is 84.2 Å². The zero-order valence-electron chi connectivity index (χ0n) is 25.7. The summed E-state index contributed by atoms with van der Waals surface area (Å²) in [6, 6.07) is 18.3. The number of anilines is 1. The third-order valence-corrected chi connectivity index (χ3v) is 8.22. The van der Waals surface area contributed by atoms with Gasteiger partial charge in [-0.2, -0.15) is 0 Å². The van der Waals surface area contributed by atoms with Crippen molar-refractivity contribution in [3.8, 4) is 28.6 Å². The number of carbonyl (C=O) groups excluding carboxylic acids is 1. The van der Waals surface area contributed by atoms with Crippen LogP contribution in [0.2, 0.25) is 0 Å². The number of halogens is 3. The van der Waals surface area contributed by atoms with E-state index in [1.54, 1.807) is 13.2 Å². The Bertz CT molecular complexity index is 1720. The second kappa shape index (κ2) is 13.1. The second-order valence-electron chi connectivity index (χ2n) is 11.3. The highest BCUT2D eigenvalue weighted by atomic mass is 32.2. The highest BCUT2D eigenvalue weighted by Crippen LogP contribution is 2.36. The summed E-state index contributed by atoms with van der Waals surface area (Å²) in [6.45, 7) is 7.88. The van der Waals surface area contributed by atoms with Crippen molar-refractivity contribution in [2.45, 2.75) is 51.9 Å². The number of benzene rings is 3. The summed E-state index contributed by atoms with van der Waals surface area (Å²) < 4.78 is 48.1. The number of carbonyl (C=O) groups is 1. The van der Waals surface area contributed by atoms with Crippen molar-refractivity contribution in [2.24, 2.45) is 4.99 Å². The number of aliphatic hydroxyl groups is 1. The van der Waals surface area contributed by atoms with Gasteiger partial charge < -0.3 is 14.6 Å². The quantitative estimate of drug-likeness (QED) is 0.194. The maximum absolute atomic E-state index is 13.0. The average molecular weight is 655 g/mol. The van der Waals surface area contributed by atoms with Crippen LogP contribution in [0.25, 0.3) is 17.1 Å². The summed E-state index contributed by atoms with van der Waals surface area (Å²) in [5, 5.41) is 18.9. The van der Waals surface area contributed by atoms with E-state index in [2.05, 4.69) is 25.1 Å². The Kier molecular flexibility index (Phi) is 9.42. The first kappa shape index (κ1) is 33.0. The van der Waals surface area contributed by atoms with Crippen LogP contribution < -0.4 is 19.7 Å². The fraction of sp³-hybridized carbons (Fsp3) is 0.312. The number of hydrogen-bond acceptors (Lipinski definition) is 9. The fourth-order valence-corrected chi connectivity index (χ4v) is 5.81. The van der Waals surface area contributed by atoms with Crippen LogP contribution in [0.1, 0.15) is 44.7 Å². The Morgan fingerprint density at radius 3 is 2.33 bits per heavy atom. The van der Waals surface area contributed by atoms with Gasteiger partial charge in [0.15, 0.2) is 11.0 Å². The van der Waals surface area contributed by atoms with Gasteiger partial charge in [0.1, 0.15) is 17.8 Å². The molecule has 4 aromatic rings. The summed E-state index contributed by atoms with van der Waals surface area (Å²) >= 11 is 1.26. The molecule has 2 heterocycles. The number of aliphatic hydroxyl groups excluding tert-OH is 1. The molecule has 1 fully saturated rings. The normalized spacial score (nSPS) is 15.6. The maximum atomic E-state index is 13.0. The Balaban J connectivity index is 1.29. The Labute approximate surface area is 268 Å². The molecule has 10 nitrogen and oxygen atoms in total. The van der Waals surface area contributed by atoms with E-state index >= 15 is 0 Å². The van der Waals surface area contributed by atoms with Crippen molar-refractivity contribution < 1.29 is 32.5 Å². The van der Waals surface area contributed by atoms with Crippen molar-refractivity contribution in [1.82, 2.24) is 20.1 Å². The van der Waals surface area contributed by atoms with Crippen LogP contribution in [0.3, 0.4) is 0 Å². The van der Waals surface area contributed by atoms with E-state index in [1.807, 2.05) is 64.1 Å². The van der Waals surface area contributed by atoms with Gasteiger partial charge in [-0.05, 0) is 61.2 Å². The molecule has 1 unspecified atom stereocenters. The topological polar surface area (TPSA) is 114 Å². The summed E-state index contributed by atoms with van der Waals surface area (Å²) in [5.74, 6) is 0.910. The van der Waals surface area contributed by atoms with E-state index in [0.717, 1.165) is 11.1 Å². The molecule has 242 valence electrons. The van der Waals surface area contributed by atoms with Gasteiger partial charge in [-0.25, -0.2) is 14.7 Å². The van der Waals surface area contributed by atoms with E-state index in [9.17, 15) is 23.1 Å². The van der Waals surface area contributed by atoms with Crippen molar-refractivity contribution >= 4 is 28.5 Å². The minimum atomic E-state index is -4.77. The number of aliphatic imine (C=N–C) groups is 1. The molecule has 0 radical (unpaired) electrons. The number of amidine groups is 1. The predicted octanol–water partition coefficient (Wildman–Crippen LogP) is 6.20. The van der Waals surface area contributed by atoms with Crippen molar-refractivity contribution in [2.75, 3.05) is 17.8 Å². The lowest BCUT2D eigenvalue weighted by atomic mass is 9.93. The van der Waals surface area contributed by atoms with Gasteiger partial charge in [0, 0.05) is 17.2 Å². The third kappa shape index (κ3) is 7.52. The van der Waals surface area contributed by atoms with E-state index in [1.165, 1.54) is 51.9 Å². The van der Waals surface area contributed by atoms with E-state index < -0.39 is 18.3 Å².